The third-order valence-electron chi connectivity index (χ3n) is 4.11. The number of rotatable bonds is 5. The number of nitrogens with one attached hydrogen (secondary N) is 1. The Morgan fingerprint density at radius 3 is 2.70 bits per heavy atom. The van der Waals surface area contributed by atoms with Crippen molar-refractivity contribution < 1.29 is 29.3 Å². The number of anilines is 1. The van der Waals surface area contributed by atoms with E-state index in [1.54, 1.807) is 6.92 Å². The van der Waals surface area contributed by atoms with Gasteiger partial charge in [0.15, 0.2) is 16.6 Å². The lowest BCUT2D eigenvalue weighted by Crippen LogP contribution is -2.54. The van der Waals surface area contributed by atoms with Crippen LogP contribution in [-0.4, -0.2) is 39.7 Å². The molecule has 3 N–H and O–H groups in total. The summed E-state index contributed by atoms with van der Waals surface area (Å²) in [4.78, 5) is 37.8. The van der Waals surface area contributed by atoms with Gasteiger partial charge in [-0.3, -0.25) is 19.8 Å². The molecule has 0 radical (unpaired) electrons. The molecular formula is C20H15BrN2O6S. The summed E-state index contributed by atoms with van der Waals surface area (Å²) in [6.45, 7) is 2.06. The van der Waals surface area contributed by atoms with Crippen LogP contribution < -0.4 is 15.0 Å². The van der Waals surface area contributed by atoms with Crippen LogP contribution >= 0.6 is 28.1 Å². The highest BCUT2D eigenvalue weighted by atomic mass is 79.9. The average molecular weight is 491 g/mol. The fourth-order valence-electron chi connectivity index (χ4n) is 2.78. The molecule has 0 aromatic heterocycles. The van der Waals surface area contributed by atoms with Gasteiger partial charge in [0.1, 0.15) is 5.57 Å². The maximum Gasteiger partial charge on any atom is 0.335 e. The number of carboxylic acid groups (broad SMARTS) is 1. The third kappa shape index (κ3) is 4.19. The van der Waals surface area contributed by atoms with Gasteiger partial charge in [-0.2, -0.15) is 0 Å². The van der Waals surface area contributed by atoms with E-state index in [0.717, 1.165) is 4.90 Å². The van der Waals surface area contributed by atoms with Crippen molar-refractivity contribution in [3.05, 3.63) is 57.6 Å². The molecule has 0 unspecified atom stereocenters. The molecule has 0 spiro atoms. The predicted molar refractivity (Wildman–Crippen MR) is 117 cm³/mol. The van der Waals surface area contributed by atoms with Gasteiger partial charge >= 0.3 is 5.97 Å². The quantitative estimate of drug-likeness (QED) is 0.335. The lowest BCUT2D eigenvalue weighted by molar-refractivity contribution is -0.122. The Bertz CT molecular complexity index is 1110. The number of carboxylic acids is 1. The fourth-order valence-corrected chi connectivity index (χ4v) is 3.52. The van der Waals surface area contributed by atoms with Gasteiger partial charge in [-0.1, -0.05) is 6.07 Å². The monoisotopic (exact) mass is 490 g/mol. The van der Waals surface area contributed by atoms with Gasteiger partial charge in [-0.25, -0.2) is 4.79 Å². The second-order valence-electron chi connectivity index (χ2n) is 6.10. The molecular weight excluding hydrogens is 476 g/mol. The molecule has 3 rings (SSSR count). The van der Waals surface area contributed by atoms with Gasteiger partial charge in [0.25, 0.3) is 11.8 Å². The molecule has 10 heteroatoms. The number of nitrogens with zero attached hydrogens (tertiary/aromatic N) is 1. The highest BCUT2D eigenvalue weighted by molar-refractivity contribution is 9.10. The van der Waals surface area contributed by atoms with Crippen LogP contribution in [0.15, 0.2) is 46.4 Å². The topological polar surface area (TPSA) is 116 Å². The van der Waals surface area contributed by atoms with E-state index in [1.807, 2.05) is 0 Å². The molecule has 1 aliphatic heterocycles. The summed E-state index contributed by atoms with van der Waals surface area (Å²) in [6, 6.07) is 8.65. The molecule has 2 amide bonds. The molecule has 1 saturated heterocycles. The Labute approximate surface area is 184 Å². The molecule has 0 saturated carbocycles. The van der Waals surface area contributed by atoms with Crippen molar-refractivity contribution in [1.29, 1.82) is 0 Å². The van der Waals surface area contributed by atoms with E-state index in [1.165, 1.54) is 42.5 Å². The number of hydrogen-bond donors (Lipinski definition) is 3. The number of thiocarbonyl (C=S) groups is 1. The molecule has 8 nitrogen and oxygen atoms in total. The minimum Gasteiger partial charge on any atom is -0.503 e. The van der Waals surface area contributed by atoms with Crippen molar-refractivity contribution in [3.63, 3.8) is 0 Å². The third-order valence-corrected chi connectivity index (χ3v) is 5.00. The average Bonchev–Trinajstić information content (AvgIpc) is 2.69. The number of amides is 2. The van der Waals surface area contributed by atoms with E-state index in [-0.39, 0.29) is 33.4 Å². The number of phenols is 1. The Morgan fingerprint density at radius 2 is 2.03 bits per heavy atom. The second-order valence-corrected chi connectivity index (χ2v) is 7.34. The maximum atomic E-state index is 13.1. The Hall–Kier alpha value is -3.24. The summed E-state index contributed by atoms with van der Waals surface area (Å²) < 4.78 is 5.69. The number of aromatic carboxylic acids is 1. The highest BCUT2D eigenvalue weighted by Gasteiger charge is 2.34. The lowest BCUT2D eigenvalue weighted by Gasteiger charge is -2.29. The number of aromatic hydroxyl groups is 1. The smallest absolute Gasteiger partial charge is 0.335 e. The normalized spacial score (nSPS) is 15.3. The first-order chi connectivity index (χ1) is 14.2. The van der Waals surface area contributed by atoms with Crippen LogP contribution in [0.2, 0.25) is 0 Å². The minimum atomic E-state index is -1.16. The lowest BCUT2D eigenvalue weighted by atomic mass is 10.1. The van der Waals surface area contributed by atoms with E-state index in [4.69, 9.17) is 17.0 Å². The first kappa shape index (κ1) is 21.5. The number of carbonyl (C=O) groups is 3. The largest absolute Gasteiger partial charge is 0.503 e. The Kier molecular flexibility index (Phi) is 6.18. The standard InChI is InChI=1S/C20H15BrN2O6S/c1-2-29-15-8-10(7-14(21)16(15)24)6-13-17(25)22-20(30)23(18(13)26)12-5-3-4-11(9-12)19(27)28/h3-9,24H,2H2,1H3,(H,27,28)(H,22,25,30). The van der Waals surface area contributed by atoms with E-state index in [0.29, 0.717) is 16.6 Å². The molecule has 0 aliphatic carbocycles. The fraction of sp³-hybridized carbons (Fsp3) is 0.100. The summed E-state index contributed by atoms with van der Waals surface area (Å²) in [5.41, 5.74) is 0.380. The number of carbonyl (C=O) groups excluding carboxylic acids is 2. The molecule has 30 heavy (non-hydrogen) atoms. The Morgan fingerprint density at radius 1 is 1.30 bits per heavy atom. The zero-order valence-electron chi connectivity index (χ0n) is 15.5. The van der Waals surface area contributed by atoms with E-state index >= 15 is 0 Å². The van der Waals surface area contributed by atoms with Gasteiger partial charge in [-0.05, 0) is 77.0 Å². The molecule has 1 aliphatic rings. The molecule has 154 valence electrons. The zero-order chi connectivity index (χ0) is 22.0. The summed E-state index contributed by atoms with van der Waals surface area (Å²) in [5, 5.41) is 21.5. The van der Waals surface area contributed by atoms with Crippen molar-refractivity contribution in [2.45, 2.75) is 6.92 Å². The van der Waals surface area contributed by atoms with Gasteiger partial charge in [0.05, 0.1) is 22.3 Å². The van der Waals surface area contributed by atoms with Crippen LogP contribution in [0.3, 0.4) is 0 Å². The molecule has 0 atom stereocenters. The number of benzene rings is 2. The van der Waals surface area contributed by atoms with E-state index in [9.17, 15) is 24.6 Å². The SMILES string of the molecule is CCOc1cc(C=C2C(=O)NC(=S)N(c3cccc(C(=O)O)c3)C2=O)cc(Br)c1O. The van der Waals surface area contributed by atoms with Gasteiger partial charge in [0.2, 0.25) is 0 Å². The summed E-state index contributed by atoms with van der Waals surface area (Å²) >= 11 is 8.33. The van der Waals surface area contributed by atoms with Gasteiger partial charge < -0.3 is 14.9 Å². The van der Waals surface area contributed by atoms with Crippen LogP contribution in [0.4, 0.5) is 5.69 Å². The van der Waals surface area contributed by atoms with Crippen LogP contribution in [0.1, 0.15) is 22.8 Å². The molecule has 2 aromatic carbocycles. The van der Waals surface area contributed by atoms with Crippen molar-refractivity contribution in [1.82, 2.24) is 5.32 Å². The first-order valence-corrected chi connectivity index (χ1v) is 9.83. The minimum absolute atomic E-state index is 0.0330. The van der Waals surface area contributed by atoms with Crippen molar-refractivity contribution in [2.75, 3.05) is 11.5 Å². The van der Waals surface area contributed by atoms with Crippen molar-refractivity contribution >= 4 is 62.8 Å². The van der Waals surface area contributed by atoms with Crippen molar-refractivity contribution in [3.8, 4) is 11.5 Å². The molecule has 1 fully saturated rings. The molecule has 1 heterocycles. The zero-order valence-corrected chi connectivity index (χ0v) is 17.9. The van der Waals surface area contributed by atoms with Crippen molar-refractivity contribution in [2.24, 2.45) is 0 Å². The van der Waals surface area contributed by atoms with Crippen LogP contribution in [0.25, 0.3) is 6.08 Å². The number of phenolic OH excluding ortho intramolecular Hbond substituents is 1. The highest BCUT2D eigenvalue weighted by Crippen LogP contribution is 2.36. The predicted octanol–water partition coefficient (Wildman–Crippen LogP) is 3.08. The number of hydrogen-bond acceptors (Lipinski definition) is 6. The summed E-state index contributed by atoms with van der Waals surface area (Å²) in [7, 11) is 0. The van der Waals surface area contributed by atoms with Gasteiger partial charge in [-0.15, -0.1) is 0 Å². The first-order valence-electron chi connectivity index (χ1n) is 8.63. The second kappa shape index (κ2) is 8.64. The number of halogens is 1. The van der Waals surface area contributed by atoms with E-state index in [2.05, 4.69) is 21.2 Å². The van der Waals surface area contributed by atoms with Crippen LogP contribution in [-0.2, 0) is 9.59 Å². The number of ether oxygens (including phenoxy) is 1. The maximum absolute atomic E-state index is 13.1. The summed E-state index contributed by atoms with van der Waals surface area (Å²) in [6.07, 6.45) is 1.33. The van der Waals surface area contributed by atoms with Crippen LogP contribution in [0, 0.1) is 0 Å². The van der Waals surface area contributed by atoms with Gasteiger partial charge in [0, 0.05) is 0 Å². The Balaban J connectivity index is 2.05. The summed E-state index contributed by atoms with van der Waals surface area (Å²) in [5.74, 6) is -2.49. The van der Waals surface area contributed by atoms with Crippen LogP contribution in [0.5, 0.6) is 11.5 Å². The molecule has 2 aromatic rings. The molecule has 0 bridgehead atoms. The van der Waals surface area contributed by atoms with E-state index < -0.39 is 17.8 Å².